The quantitative estimate of drug-likeness (QED) is 0.280. The minimum Gasteiger partial charge on any atom is -0.486 e. The van der Waals surface area contributed by atoms with Crippen molar-refractivity contribution in [2.45, 2.75) is 25.9 Å². The third kappa shape index (κ3) is 6.08. The highest BCUT2D eigenvalue weighted by atomic mass is 127. The molecule has 0 saturated carbocycles. The molecule has 2 aliphatic heterocycles. The smallest absolute Gasteiger partial charge is 0.294 e. The average molecular weight is 631 g/mol. The molecule has 0 N–H and O–H groups in total. The van der Waals surface area contributed by atoms with Gasteiger partial charge in [-0.2, -0.15) is 0 Å². The third-order valence-corrected chi connectivity index (χ3v) is 7.68. The number of amides is 3. The maximum atomic E-state index is 12.8. The van der Waals surface area contributed by atoms with E-state index >= 15 is 0 Å². The summed E-state index contributed by atoms with van der Waals surface area (Å²) in [5.74, 6) is -0.352. The zero-order valence-electron chi connectivity index (χ0n) is 18.1. The number of hydrogen-bond donors (Lipinski definition) is 0. The van der Waals surface area contributed by atoms with Crippen LogP contribution in [-0.2, 0) is 16.2 Å². The standard InChI is InChI=1S/C24H21Cl2IN2O4S/c25-18-10-16(11-19(26)22(18)33-14-15-4-6-17(27)7-5-15)12-20-23(31)29(24(32)34-20)13-21(30)28-8-2-1-3-9-28/h4-7,10-12H,1-3,8-9,13-14H2/b20-12-. The molecule has 178 valence electrons. The molecule has 2 aromatic rings. The highest BCUT2D eigenvalue weighted by Gasteiger charge is 2.37. The number of halogens is 3. The first-order valence-electron chi connectivity index (χ1n) is 10.7. The van der Waals surface area contributed by atoms with Crippen LogP contribution in [0, 0.1) is 3.57 Å². The van der Waals surface area contributed by atoms with Crippen LogP contribution in [0.25, 0.3) is 6.08 Å². The molecule has 34 heavy (non-hydrogen) atoms. The van der Waals surface area contributed by atoms with Crippen molar-refractivity contribution < 1.29 is 19.1 Å². The Morgan fingerprint density at radius 3 is 2.35 bits per heavy atom. The van der Waals surface area contributed by atoms with Crippen molar-refractivity contribution in [3.63, 3.8) is 0 Å². The van der Waals surface area contributed by atoms with Gasteiger partial charge in [0.05, 0.1) is 15.0 Å². The van der Waals surface area contributed by atoms with E-state index in [0.29, 0.717) is 41.1 Å². The summed E-state index contributed by atoms with van der Waals surface area (Å²) in [6.45, 7) is 1.40. The summed E-state index contributed by atoms with van der Waals surface area (Å²) < 4.78 is 6.94. The van der Waals surface area contributed by atoms with Crippen molar-refractivity contribution in [1.29, 1.82) is 0 Å². The van der Waals surface area contributed by atoms with Crippen LogP contribution in [0.15, 0.2) is 41.3 Å². The molecular weight excluding hydrogens is 610 g/mol. The van der Waals surface area contributed by atoms with E-state index in [9.17, 15) is 14.4 Å². The van der Waals surface area contributed by atoms with E-state index in [4.69, 9.17) is 27.9 Å². The topological polar surface area (TPSA) is 66.9 Å². The van der Waals surface area contributed by atoms with Gasteiger partial charge in [-0.3, -0.25) is 19.3 Å². The van der Waals surface area contributed by atoms with Gasteiger partial charge in [-0.15, -0.1) is 0 Å². The first kappa shape index (κ1) is 25.3. The lowest BCUT2D eigenvalue weighted by atomic mass is 10.1. The number of likely N-dealkylation sites (tertiary alicyclic amines) is 1. The number of benzene rings is 2. The van der Waals surface area contributed by atoms with Crippen LogP contribution in [0.1, 0.15) is 30.4 Å². The summed E-state index contributed by atoms with van der Waals surface area (Å²) in [4.78, 5) is 40.7. The number of thioether (sulfide) groups is 1. The molecule has 6 nitrogen and oxygen atoms in total. The Hall–Kier alpha value is -1.75. The Morgan fingerprint density at radius 1 is 1.06 bits per heavy atom. The maximum absolute atomic E-state index is 12.8. The second-order valence-electron chi connectivity index (χ2n) is 7.94. The fourth-order valence-electron chi connectivity index (χ4n) is 3.70. The van der Waals surface area contributed by atoms with E-state index in [0.717, 1.165) is 45.1 Å². The fraction of sp³-hybridized carbons (Fsp3) is 0.292. The lowest BCUT2D eigenvalue weighted by molar-refractivity contribution is -0.136. The lowest BCUT2D eigenvalue weighted by Crippen LogP contribution is -2.44. The molecule has 2 fully saturated rings. The van der Waals surface area contributed by atoms with Gasteiger partial charge in [0.15, 0.2) is 5.75 Å². The zero-order chi connectivity index (χ0) is 24.2. The fourth-order valence-corrected chi connectivity index (χ4v) is 5.51. The van der Waals surface area contributed by atoms with Gasteiger partial charge in [-0.1, -0.05) is 35.3 Å². The highest BCUT2D eigenvalue weighted by molar-refractivity contribution is 14.1. The van der Waals surface area contributed by atoms with Gasteiger partial charge in [0.2, 0.25) is 5.91 Å². The van der Waals surface area contributed by atoms with Crippen LogP contribution in [-0.4, -0.2) is 46.5 Å². The minimum atomic E-state index is -0.494. The van der Waals surface area contributed by atoms with Crippen LogP contribution in [0.2, 0.25) is 10.0 Å². The van der Waals surface area contributed by atoms with Gasteiger partial charge in [-0.05, 0) is 95.1 Å². The summed E-state index contributed by atoms with van der Waals surface area (Å²) in [7, 11) is 0. The van der Waals surface area contributed by atoms with Gasteiger partial charge in [-0.25, -0.2) is 0 Å². The Morgan fingerprint density at radius 2 is 1.71 bits per heavy atom. The Balaban J connectivity index is 1.44. The van der Waals surface area contributed by atoms with E-state index in [2.05, 4.69) is 22.6 Å². The molecule has 2 aliphatic rings. The molecule has 0 atom stereocenters. The first-order valence-corrected chi connectivity index (χ1v) is 13.4. The van der Waals surface area contributed by atoms with Gasteiger partial charge >= 0.3 is 0 Å². The number of piperidine rings is 1. The van der Waals surface area contributed by atoms with Gasteiger partial charge in [0, 0.05) is 16.7 Å². The van der Waals surface area contributed by atoms with Gasteiger partial charge in [0.1, 0.15) is 13.2 Å². The Bertz CT molecular complexity index is 1130. The number of carbonyl (C=O) groups excluding carboxylic acids is 3. The zero-order valence-corrected chi connectivity index (χ0v) is 22.5. The first-order chi connectivity index (χ1) is 16.3. The summed E-state index contributed by atoms with van der Waals surface area (Å²) in [5.41, 5.74) is 1.54. The van der Waals surface area contributed by atoms with E-state index in [1.807, 2.05) is 24.3 Å². The summed E-state index contributed by atoms with van der Waals surface area (Å²) in [5, 5.41) is 0.129. The molecule has 3 amide bonds. The second-order valence-corrected chi connectivity index (χ2v) is 11.0. The predicted molar refractivity (Wildman–Crippen MR) is 143 cm³/mol. The summed E-state index contributed by atoms with van der Waals surface area (Å²) in [6.07, 6.45) is 4.53. The minimum absolute atomic E-state index is 0.205. The maximum Gasteiger partial charge on any atom is 0.294 e. The van der Waals surface area contributed by atoms with Crippen LogP contribution in [0.5, 0.6) is 5.75 Å². The van der Waals surface area contributed by atoms with Crippen molar-refractivity contribution in [3.05, 3.63) is 66.0 Å². The predicted octanol–water partition coefficient (Wildman–Crippen LogP) is 6.23. The van der Waals surface area contributed by atoms with E-state index in [1.54, 1.807) is 23.1 Å². The number of nitrogens with zero attached hydrogens (tertiary/aromatic N) is 2. The number of carbonyl (C=O) groups is 3. The van der Waals surface area contributed by atoms with Crippen molar-refractivity contribution in [2.75, 3.05) is 19.6 Å². The molecule has 2 heterocycles. The molecule has 0 bridgehead atoms. The molecule has 2 saturated heterocycles. The van der Waals surface area contributed by atoms with Crippen LogP contribution >= 0.6 is 57.6 Å². The van der Waals surface area contributed by atoms with Crippen molar-refractivity contribution in [1.82, 2.24) is 9.80 Å². The monoisotopic (exact) mass is 630 g/mol. The van der Waals surface area contributed by atoms with E-state index < -0.39 is 11.1 Å². The molecule has 2 aromatic carbocycles. The van der Waals surface area contributed by atoms with E-state index in [1.165, 1.54) is 0 Å². The van der Waals surface area contributed by atoms with Gasteiger partial charge < -0.3 is 9.64 Å². The molecule has 0 aromatic heterocycles. The van der Waals surface area contributed by atoms with Crippen molar-refractivity contribution in [3.8, 4) is 5.75 Å². The van der Waals surface area contributed by atoms with E-state index in [-0.39, 0.29) is 17.4 Å². The third-order valence-electron chi connectivity index (χ3n) is 5.49. The summed E-state index contributed by atoms with van der Waals surface area (Å²) >= 11 is 15.8. The van der Waals surface area contributed by atoms with Crippen LogP contribution in [0.3, 0.4) is 0 Å². The Labute approximate surface area is 225 Å². The van der Waals surface area contributed by atoms with Gasteiger partial charge in [0.25, 0.3) is 11.1 Å². The molecule has 0 unspecified atom stereocenters. The highest BCUT2D eigenvalue weighted by Crippen LogP contribution is 2.38. The molecule has 0 aliphatic carbocycles. The molecular formula is C24H21Cl2IN2O4S. The molecule has 0 spiro atoms. The molecule has 4 rings (SSSR count). The molecule has 10 heteroatoms. The number of ether oxygens (including phenoxy) is 1. The Kier molecular flexibility index (Phi) is 8.44. The van der Waals surface area contributed by atoms with Crippen molar-refractivity contribution in [2.24, 2.45) is 0 Å². The second kappa shape index (κ2) is 11.3. The van der Waals surface area contributed by atoms with Crippen LogP contribution in [0.4, 0.5) is 4.79 Å². The summed E-state index contributed by atoms with van der Waals surface area (Å²) in [6, 6.07) is 11.2. The average Bonchev–Trinajstić information content (AvgIpc) is 3.07. The lowest BCUT2D eigenvalue weighted by Gasteiger charge is -2.27. The number of rotatable bonds is 6. The SMILES string of the molecule is O=C(CN1C(=O)S/C(=C\c2cc(Cl)c(OCc3ccc(I)cc3)c(Cl)c2)C1=O)N1CCCCC1. The number of imide groups is 1. The van der Waals surface area contributed by atoms with Crippen molar-refractivity contribution >= 4 is 80.7 Å². The largest absolute Gasteiger partial charge is 0.486 e. The van der Waals surface area contributed by atoms with Crippen LogP contribution < -0.4 is 4.74 Å². The molecule has 0 radical (unpaired) electrons. The number of hydrogen-bond acceptors (Lipinski definition) is 5. The normalized spacial score (nSPS) is 17.6.